The molecule has 2 aliphatic carbocycles. The number of hydrogen-bond donors (Lipinski definition) is 0. The summed E-state index contributed by atoms with van der Waals surface area (Å²) in [7, 11) is 0. The van der Waals surface area contributed by atoms with Gasteiger partial charge in [-0.2, -0.15) is 0 Å². The summed E-state index contributed by atoms with van der Waals surface area (Å²) in [6, 6.07) is 36.1. The van der Waals surface area contributed by atoms with Gasteiger partial charge in [-0.25, -0.2) is 0 Å². The van der Waals surface area contributed by atoms with E-state index in [1.807, 2.05) is 0 Å². The number of benzene rings is 4. The van der Waals surface area contributed by atoms with Crippen LogP contribution < -0.4 is 0 Å². The number of fused-ring (bicyclic) bond motifs is 2. The summed E-state index contributed by atoms with van der Waals surface area (Å²) in [6.45, 7) is 10.2. The van der Waals surface area contributed by atoms with Crippen molar-refractivity contribution in [2.24, 2.45) is 0 Å². The van der Waals surface area contributed by atoms with Crippen LogP contribution in [0.2, 0.25) is 22.9 Å². The molecule has 0 nitrogen and oxygen atoms in total. The maximum absolute atomic E-state index is 2.76. The van der Waals surface area contributed by atoms with Crippen LogP contribution in [-0.2, 0) is 33.2 Å². The zero-order valence-corrected chi connectivity index (χ0v) is 29.2. The summed E-state index contributed by atoms with van der Waals surface area (Å²) < 4.78 is 1.55. The topological polar surface area (TPSA) is 0 Å². The van der Waals surface area contributed by atoms with Crippen LogP contribution in [0, 0.1) is 0 Å². The Hall–Kier alpha value is -2.21. The van der Waals surface area contributed by atoms with Crippen LogP contribution in [0.3, 0.4) is 0 Å². The van der Waals surface area contributed by atoms with Gasteiger partial charge in [0.05, 0.1) is 0 Å². The summed E-state index contributed by atoms with van der Waals surface area (Å²) in [5, 5.41) is 11.0. The number of rotatable bonds is 6. The summed E-state index contributed by atoms with van der Waals surface area (Å²) in [5.41, 5.74) is 14.7. The first-order valence-electron chi connectivity index (χ1n) is 15.2. The molecule has 0 radical (unpaired) electrons. The van der Waals surface area contributed by atoms with Gasteiger partial charge in [-0.15, -0.1) is 0 Å². The average molecular weight is 609 g/mol. The Morgan fingerprint density at radius 1 is 0.488 bits per heavy atom. The van der Waals surface area contributed by atoms with Gasteiger partial charge in [0, 0.05) is 0 Å². The molecule has 0 aromatic heterocycles. The molecule has 0 amide bonds. The van der Waals surface area contributed by atoms with Crippen molar-refractivity contribution in [3.8, 4) is 22.3 Å². The molecular weight excluding hydrogens is 564 g/mol. The van der Waals surface area contributed by atoms with Crippen molar-refractivity contribution in [3.63, 3.8) is 0 Å². The second kappa shape index (κ2) is 10.5. The molecular formula is C39H44Ti2. The van der Waals surface area contributed by atoms with Crippen LogP contribution >= 0.6 is 0 Å². The fraction of sp³-hybridized carbons (Fsp3) is 0.282. The molecule has 0 saturated carbocycles. The van der Waals surface area contributed by atoms with Gasteiger partial charge in [-0.05, 0) is 0 Å². The molecule has 0 N–H and O–H groups in total. The Morgan fingerprint density at radius 3 is 1.22 bits per heavy atom. The third-order valence-electron chi connectivity index (χ3n) is 11.4. The van der Waals surface area contributed by atoms with Crippen molar-refractivity contribution in [1.82, 2.24) is 0 Å². The van der Waals surface area contributed by atoms with Crippen molar-refractivity contribution >= 4 is 12.2 Å². The molecule has 6 rings (SSSR count). The van der Waals surface area contributed by atoms with Crippen LogP contribution in [0.1, 0.15) is 58.4 Å². The first-order valence-corrected chi connectivity index (χ1v) is 24.8. The average Bonchev–Trinajstić information content (AvgIpc) is 3.49. The van der Waals surface area contributed by atoms with Gasteiger partial charge < -0.3 is 0 Å². The molecule has 4 aromatic rings. The molecule has 2 heteroatoms. The maximum atomic E-state index is 2.76. The minimum absolute atomic E-state index is 0.369. The molecule has 41 heavy (non-hydrogen) atoms. The molecule has 0 spiro atoms. The van der Waals surface area contributed by atoms with Crippen molar-refractivity contribution in [3.05, 3.63) is 130 Å². The van der Waals surface area contributed by atoms with E-state index >= 15 is 0 Å². The van der Waals surface area contributed by atoms with Crippen LogP contribution in [0.5, 0.6) is 0 Å². The van der Waals surface area contributed by atoms with E-state index in [2.05, 4.69) is 158 Å². The Kier molecular flexibility index (Phi) is 7.40. The van der Waals surface area contributed by atoms with Gasteiger partial charge in [-0.3, -0.25) is 0 Å². The first-order chi connectivity index (χ1) is 19.5. The quantitative estimate of drug-likeness (QED) is 0.191. The Morgan fingerprint density at radius 2 is 0.854 bits per heavy atom. The third-order valence-corrected chi connectivity index (χ3v) is 36.7. The molecule has 0 heterocycles. The summed E-state index contributed by atoms with van der Waals surface area (Å²) in [6.07, 6.45) is 5.07. The summed E-state index contributed by atoms with van der Waals surface area (Å²) in [5.74, 6) is 0. The Labute approximate surface area is 255 Å². The number of hydrogen-bond acceptors (Lipinski definition) is 0. The zero-order valence-electron chi connectivity index (χ0n) is 26.0. The fourth-order valence-electron chi connectivity index (χ4n) is 8.31. The normalized spacial score (nSPS) is 18.5. The SMILES string of the molecule is CC1=Cc2c(-c3ccccc3)cccc2[CH]1[Ti]([CH3])([CH3])[C](C)(C)[Ti]([CH3])([CH3])[CH]1C(C)=Cc2c(-c3ccccc3)cccc21. The van der Waals surface area contributed by atoms with Gasteiger partial charge in [-0.1, -0.05) is 0 Å². The predicted octanol–water partition coefficient (Wildman–Crippen LogP) is 12.3. The fourth-order valence-corrected chi connectivity index (χ4v) is 32.7. The van der Waals surface area contributed by atoms with Gasteiger partial charge >= 0.3 is 257 Å². The van der Waals surface area contributed by atoms with E-state index in [-0.39, 0.29) is 0 Å². The molecule has 0 aliphatic heterocycles. The van der Waals surface area contributed by atoms with E-state index in [4.69, 9.17) is 0 Å². The molecule has 2 unspecified atom stereocenters. The van der Waals surface area contributed by atoms with E-state index in [9.17, 15) is 0 Å². The van der Waals surface area contributed by atoms with E-state index in [0.717, 1.165) is 0 Å². The second-order valence-electron chi connectivity index (χ2n) is 14.1. The summed E-state index contributed by atoms with van der Waals surface area (Å²) >= 11 is -5.13. The molecule has 0 bridgehead atoms. The second-order valence-corrected chi connectivity index (χ2v) is 31.7. The zero-order chi connectivity index (χ0) is 29.2. The molecule has 2 atom stereocenters. The van der Waals surface area contributed by atoms with Crippen molar-refractivity contribution in [1.29, 1.82) is 0 Å². The van der Waals surface area contributed by atoms with Crippen LogP contribution in [-0.4, -0.2) is 0 Å². The van der Waals surface area contributed by atoms with Gasteiger partial charge in [0.1, 0.15) is 0 Å². The van der Waals surface area contributed by atoms with E-state index in [1.54, 1.807) is 22.3 Å². The Bertz CT molecular complexity index is 1540. The molecule has 208 valence electrons. The van der Waals surface area contributed by atoms with Crippen LogP contribution in [0.25, 0.3) is 34.4 Å². The summed E-state index contributed by atoms with van der Waals surface area (Å²) in [4.78, 5) is 0. The van der Waals surface area contributed by atoms with Crippen LogP contribution in [0.15, 0.2) is 108 Å². The van der Waals surface area contributed by atoms with Crippen molar-refractivity contribution < 1.29 is 33.2 Å². The van der Waals surface area contributed by atoms with Crippen LogP contribution in [0.4, 0.5) is 0 Å². The van der Waals surface area contributed by atoms with Gasteiger partial charge in [0.2, 0.25) is 0 Å². The molecule has 0 saturated heterocycles. The predicted molar refractivity (Wildman–Crippen MR) is 174 cm³/mol. The standard InChI is InChI=1S/2C16H13.C3H6.4CH3.2Ti/c2*1-12-10-14-8-5-9-15(16(14)11-12)13-6-3-2-4-7-13;1-3-2;;;;;;/h2*2-11H,1H3;1-2H3;4*1H3;;. The number of allylic oxidation sites excluding steroid dienone is 2. The third kappa shape index (κ3) is 4.49. The van der Waals surface area contributed by atoms with Crippen molar-refractivity contribution in [2.45, 2.75) is 59.1 Å². The monoisotopic (exact) mass is 608 g/mol. The van der Waals surface area contributed by atoms with Gasteiger partial charge in [0.25, 0.3) is 0 Å². The van der Waals surface area contributed by atoms with Gasteiger partial charge in [0.15, 0.2) is 0 Å². The van der Waals surface area contributed by atoms with Crippen molar-refractivity contribution in [2.75, 3.05) is 0 Å². The van der Waals surface area contributed by atoms with E-state index in [0.29, 0.717) is 10.5 Å². The minimum atomic E-state index is -2.57. The first kappa shape index (κ1) is 28.9. The molecule has 4 aromatic carbocycles. The van der Waals surface area contributed by atoms with E-state index < -0.39 is 33.2 Å². The van der Waals surface area contributed by atoms with E-state index in [1.165, 1.54) is 33.4 Å². The Balaban J connectivity index is 1.42. The molecule has 2 aliphatic rings. The molecule has 0 fully saturated rings.